The van der Waals surface area contributed by atoms with Crippen molar-refractivity contribution in [1.82, 2.24) is 20.5 Å². The van der Waals surface area contributed by atoms with Crippen molar-refractivity contribution in [2.24, 2.45) is 0 Å². The van der Waals surface area contributed by atoms with Gasteiger partial charge in [-0.05, 0) is 0 Å². The maximum atomic E-state index is 12.4. The summed E-state index contributed by atoms with van der Waals surface area (Å²) in [6, 6.07) is 19.8. The average molecular weight is 532 g/mol. The van der Waals surface area contributed by atoms with Crippen LogP contribution in [0.25, 0.3) is 0 Å². The van der Waals surface area contributed by atoms with Crippen LogP contribution in [0.3, 0.4) is 0 Å². The third-order valence-corrected chi connectivity index (χ3v) is 6.40. The average Bonchev–Trinajstić information content (AvgIpc) is 2.73. The van der Waals surface area contributed by atoms with Crippen LogP contribution in [0.2, 0.25) is 0 Å². The van der Waals surface area contributed by atoms with Crippen LogP contribution in [0.4, 0.5) is 0 Å². The molecule has 0 radical (unpaired) electrons. The molecule has 0 unspecified atom stereocenters. The van der Waals surface area contributed by atoms with Crippen molar-refractivity contribution in [2.45, 2.75) is 13.3 Å². The molecule has 2 aromatic rings. The molecule has 0 spiro atoms. The van der Waals surface area contributed by atoms with Gasteiger partial charge in [0.05, 0.1) is 0 Å². The zero-order chi connectivity index (χ0) is 22.3. The van der Waals surface area contributed by atoms with E-state index < -0.39 is 0 Å². The fraction of sp³-hybridized carbons (Fsp3) is 0.174. The Bertz CT molecular complexity index is 944. The van der Waals surface area contributed by atoms with E-state index in [0.29, 0.717) is 17.8 Å². The topological polar surface area (TPSA) is 38.8 Å². The number of hydrazine groups is 2. The Kier molecular flexibility index (Phi) is 8.82. The van der Waals surface area contributed by atoms with Gasteiger partial charge in [-0.15, -0.1) is 0 Å². The molecule has 0 aromatic heterocycles. The number of benzene rings is 2. The van der Waals surface area contributed by atoms with E-state index in [1.54, 1.807) is 10.0 Å². The summed E-state index contributed by atoms with van der Waals surface area (Å²) in [5.74, 6) is -0.132. The second-order valence-electron chi connectivity index (χ2n) is 6.71. The van der Waals surface area contributed by atoms with Crippen LogP contribution in [0.15, 0.2) is 85.2 Å². The molecule has 156 valence electrons. The Morgan fingerprint density at radius 1 is 0.900 bits per heavy atom. The van der Waals surface area contributed by atoms with Gasteiger partial charge >= 0.3 is 195 Å². The standard InChI is InChI=1S/C23H26N4OSe2/c1-17(24-25(4)22(29)20-12-8-6-9-13-20)16-18(2)27(19(3)28)26(5)23(30)21-14-10-7-11-15-21/h6-15,24H,1-2,16H2,3-5H3. The van der Waals surface area contributed by atoms with Crippen LogP contribution < -0.4 is 5.43 Å². The zero-order valence-electron chi connectivity index (χ0n) is 17.5. The molecule has 7 heteroatoms. The first-order chi connectivity index (χ1) is 14.2. The summed E-state index contributed by atoms with van der Waals surface area (Å²) < 4.78 is 1.76. The molecular formula is C23H26N4OSe2. The molecule has 2 aromatic carbocycles. The van der Waals surface area contributed by atoms with Crippen molar-refractivity contribution >= 4 is 46.1 Å². The van der Waals surface area contributed by atoms with Crippen molar-refractivity contribution < 1.29 is 4.79 Å². The molecule has 0 aliphatic carbocycles. The second kappa shape index (κ2) is 11.1. The van der Waals surface area contributed by atoms with E-state index >= 15 is 0 Å². The van der Waals surface area contributed by atoms with Crippen molar-refractivity contribution in [2.75, 3.05) is 14.1 Å². The number of nitrogens with one attached hydrogen (secondary N) is 1. The molecule has 0 saturated carbocycles. The van der Waals surface area contributed by atoms with Crippen molar-refractivity contribution in [3.8, 4) is 0 Å². The number of hydrogen-bond acceptors (Lipinski definition) is 4. The molecular weight excluding hydrogens is 506 g/mol. The molecule has 30 heavy (non-hydrogen) atoms. The molecule has 0 fully saturated rings. The Labute approximate surface area is 194 Å². The van der Waals surface area contributed by atoms with Gasteiger partial charge in [0.2, 0.25) is 0 Å². The third-order valence-electron chi connectivity index (χ3n) is 4.28. The Morgan fingerprint density at radius 2 is 1.37 bits per heavy atom. The van der Waals surface area contributed by atoms with Crippen LogP contribution in [-0.2, 0) is 4.79 Å². The molecule has 0 aliphatic heterocycles. The van der Waals surface area contributed by atoms with E-state index in [1.807, 2.05) is 79.8 Å². The van der Waals surface area contributed by atoms with E-state index in [1.165, 1.54) is 6.92 Å². The zero-order valence-corrected chi connectivity index (χ0v) is 20.9. The van der Waals surface area contributed by atoms with Gasteiger partial charge in [0.25, 0.3) is 0 Å². The van der Waals surface area contributed by atoms with Gasteiger partial charge < -0.3 is 0 Å². The summed E-state index contributed by atoms with van der Waals surface area (Å²) in [4.78, 5) is 12.4. The first-order valence-electron chi connectivity index (χ1n) is 9.31. The summed E-state index contributed by atoms with van der Waals surface area (Å²) >= 11 is 6.14. The van der Waals surface area contributed by atoms with Crippen LogP contribution in [0.5, 0.6) is 0 Å². The normalized spacial score (nSPS) is 9.97. The van der Waals surface area contributed by atoms with E-state index in [0.717, 1.165) is 20.2 Å². The summed E-state index contributed by atoms with van der Waals surface area (Å²) in [5, 5.41) is 5.18. The van der Waals surface area contributed by atoms with Gasteiger partial charge in [0.15, 0.2) is 0 Å². The third kappa shape index (κ3) is 6.28. The van der Waals surface area contributed by atoms with Gasteiger partial charge in [0, 0.05) is 0 Å². The quantitative estimate of drug-likeness (QED) is 0.377. The molecule has 2 rings (SSSR count). The molecule has 0 aliphatic rings. The van der Waals surface area contributed by atoms with Crippen LogP contribution in [0, 0.1) is 0 Å². The fourth-order valence-electron chi connectivity index (χ4n) is 2.93. The predicted octanol–water partition coefficient (Wildman–Crippen LogP) is 2.23. The van der Waals surface area contributed by atoms with Gasteiger partial charge in [-0.1, -0.05) is 0 Å². The van der Waals surface area contributed by atoms with Crippen LogP contribution in [0.1, 0.15) is 24.5 Å². The van der Waals surface area contributed by atoms with Crippen molar-refractivity contribution in [1.29, 1.82) is 0 Å². The van der Waals surface area contributed by atoms with Crippen molar-refractivity contribution in [3.05, 3.63) is 96.3 Å². The number of rotatable bonds is 10. The van der Waals surface area contributed by atoms with Gasteiger partial charge in [-0.2, -0.15) is 0 Å². The molecule has 5 nitrogen and oxygen atoms in total. The summed E-state index contributed by atoms with van der Waals surface area (Å²) in [7, 11) is 3.74. The SMILES string of the molecule is C=C(CC(=C)N(C(C)=O)N(C)C(=[Se])c1ccccc1)NN(C)C(=[Se])c1ccccc1. The van der Waals surface area contributed by atoms with Gasteiger partial charge in [0.1, 0.15) is 0 Å². The van der Waals surface area contributed by atoms with Gasteiger partial charge in [-0.25, -0.2) is 0 Å². The minimum atomic E-state index is -0.132. The number of carbonyl (C=O) groups excluding carboxylic acids is 1. The number of hydrogen-bond donors (Lipinski definition) is 1. The molecule has 1 amide bonds. The summed E-state index contributed by atoms with van der Waals surface area (Å²) in [5.41, 5.74) is 6.62. The van der Waals surface area contributed by atoms with E-state index in [2.05, 4.69) is 49.7 Å². The number of nitrogens with zero attached hydrogens (tertiary/aromatic N) is 3. The Hall–Kier alpha value is -2.43. The summed E-state index contributed by atoms with van der Waals surface area (Å²) in [6.07, 6.45) is 0.401. The minimum absolute atomic E-state index is 0.132. The van der Waals surface area contributed by atoms with E-state index in [4.69, 9.17) is 0 Å². The van der Waals surface area contributed by atoms with Crippen LogP contribution in [-0.4, -0.2) is 75.3 Å². The number of amides is 1. The molecule has 0 atom stereocenters. The number of carbonyl (C=O) groups is 1. The Balaban J connectivity index is 2.03. The first kappa shape index (κ1) is 23.8. The Morgan fingerprint density at radius 3 is 1.83 bits per heavy atom. The first-order valence-corrected chi connectivity index (χ1v) is 11.0. The summed E-state index contributed by atoms with van der Waals surface area (Å²) in [6.45, 7) is 9.75. The van der Waals surface area contributed by atoms with E-state index in [9.17, 15) is 4.79 Å². The van der Waals surface area contributed by atoms with Gasteiger partial charge in [-0.3, -0.25) is 0 Å². The monoisotopic (exact) mass is 534 g/mol. The van der Waals surface area contributed by atoms with Crippen LogP contribution >= 0.6 is 0 Å². The van der Waals surface area contributed by atoms with Crippen molar-refractivity contribution in [3.63, 3.8) is 0 Å². The molecule has 0 saturated heterocycles. The fourth-order valence-corrected chi connectivity index (χ4v) is 3.77. The predicted molar refractivity (Wildman–Crippen MR) is 127 cm³/mol. The van der Waals surface area contributed by atoms with E-state index in [-0.39, 0.29) is 5.91 Å². The molecule has 0 bridgehead atoms. The molecule has 1 N–H and O–H groups in total. The molecule has 0 heterocycles. The second-order valence-corrected chi connectivity index (χ2v) is 8.34. The maximum absolute atomic E-state index is 12.4.